The maximum atomic E-state index is 14.6. The minimum Gasteiger partial charge on any atom is -0.381 e. The number of rotatable bonds is 2. The first-order chi connectivity index (χ1) is 12.2. The highest BCUT2D eigenvalue weighted by atomic mass is 19.1. The molecule has 0 unspecified atom stereocenters. The van der Waals surface area contributed by atoms with Gasteiger partial charge in [-0.25, -0.2) is 8.78 Å². The maximum Gasteiger partial charge on any atom is 0.150 e. The van der Waals surface area contributed by atoms with Crippen LogP contribution in [0.4, 0.5) is 14.5 Å². The average Bonchev–Trinajstić information content (AvgIpc) is 3.01. The molecule has 2 aliphatic rings. The van der Waals surface area contributed by atoms with E-state index in [1.54, 1.807) is 6.07 Å². The summed E-state index contributed by atoms with van der Waals surface area (Å²) < 4.78 is 34.8. The number of fused-ring (bicyclic) bond motifs is 1. The third kappa shape index (κ3) is 2.77. The van der Waals surface area contributed by atoms with Crippen LogP contribution in [0.15, 0.2) is 42.5 Å². The Kier molecular flexibility index (Phi) is 4.14. The highest BCUT2D eigenvalue weighted by molar-refractivity contribution is 5.55. The van der Waals surface area contributed by atoms with E-state index in [-0.39, 0.29) is 29.1 Å². The predicted molar refractivity (Wildman–Crippen MR) is 90.3 cm³/mol. The Morgan fingerprint density at radius 2 is 1.84 bits per heavy atom. The van der Waals surface area contributed by atoms with Crippen LogP contribution >= 0.6 is 0 Å². The maximum absolute atomic E-state index is 14.6. The number of halogens is 2. The molecule has 5 heteroatoms. The molecule has 0 N–H and O–H groups in total. The number of anilines is 1. The van der Waals surface area contributed by atoms with Crippen LogP contribution in [0.3, 0.4) is 0 Å². The van der Waals surface area contributed by atoms with E-state index in [9.17, 15) is 8.78 Å². The Morgan fingerprint density at radius 1 is 1.12 bits per heavy atom. The standard InChI is InChI=1S/C20H18F2N2O/c21-17-8-13(10-23)9-18(22)20(17)24-11-15(14-4-2-1-3-5-14)16-12-25-7-6-19(16)24/h1-5,8-9,15-16,19H,6-7,11-12H2/t15-,16-,19+/m1/s1. The summed E-state index contributed by atoms with van der Waals surface area (Å²) in [5.74, 6) is -0.974. The minimum absolute atomic E-state index is 0.00100. The van der Waals surface area contributed by atoms with Crippen molar-refractivity contribution in [1.29, 1.82) is 5.26 Å². The molecule has 2 heterocycles. The third-order valence-corrected chi connectivity index (χ3v) is 5.33. The summed E-state index contributed by atoms with van der Waals surface area (Å²) in [6.45, 7) is 1.74. The van der Waals surface area contributed by atoms with Crippen LogP contribution in [-0.2, 0) is 4.74 Å². The molecule has 2 aliphatic heterocycles. The van der Waals surface area contributed by atoms with Crippen molar-refractivity contribution < 1.29 is 13.5 Å². The van der Waals surface area contributed by atoms with Crippen molar-refractivity contribution in [1.82, 2.24) is 0 Å². The predicted octanol–water partition coefficient (Wildman–Crippen LogP) is 3.85. The summed E-state index contributed by atoms with van der Waals surface area (Å²) in [5, 5.41) is 8.91. The first kappa shape index (κ1) is 16.0. The zero-order chi connectivity index (χ0) is 17.4. The van der Waals surface area contributed by atoms with E-state index in [1.165, 1.54) is 5.56 Å². The van der Waals surface area contributed by atoms with Gasteiger partial charge in [-0.15, -0.1) is 0 Å². The fraction of sp³-hybridized carbons (Fsp3) is 0.350. The number of hydrogen-bond donors (Lipinski definition) is 0. The summed E-state index contributed by atoms with van der Waals surface area (Å²) in [4.78, 5) is 1.84. The number of benzene rings is 2. The highest BCUT2D eigenvalue weighted by Crippen LogP contribution is 2.44. The SMILES string of the molecule is N#Cc1cc(F)c(N2C[C@H](c3ccccc3)[C@H]3COCC[C@@H]32)c(F)c1. The first-order valence-electron chi connectivity index (χ1n) is 8.47. The number of hydrogen-bond acceptors (Lipinski definition) is 3. The van der Waals surface area contributed by atoms with Crippen LogP contribution in [0.1, 0.15) is 23.5 Å². The van der Waals surface area contributed by atoms with E-state index in [1.807, 2.05) is 23.1 Å². The van der Waals surface area contributed by atoms with Gasteiger partial charge in [0.25, 0.3) is 0 Å². The highest BCUT2D eigenvalue weighted by Gasteiger charge is 2.45. The summed E-state index contributed by atoms with van der Waals surface area (Å²) >= 11 is 0. The van der Waals surface area contributed by atoms with Gasteiger partial charge < -0.3 is 9.64 Å². The lowest BCUT2D eigenvalue weighted by molar-refractivity contribution is 0.0461. The summed E-state index contributed by atoms with van der Waals surface area (Å²) in [7, 11) is 0. The van der Waals surface area contributed by atoms with Gasteiger partial charge in [-0.2, -0.15) is 5.26 Å². The van der Waals surface area contributed by atoms with Gasteiger partial charge in [-0.1, -0.05) is 30.3 Å². The lowest BCUT2D eigenvalue weighted by atomic mass is 9.84. The molecule has 128 valence electrons. The van der Waals surface area contributed by atoms with Gasteiger partial charge in [0.2, 0.25) is 0 Å². The van der Waals surface area contributed by atoms with Crippen LogP contribution in [0.25, 0.3) is 0 Å². The van der Waals surface area contributed by atoms with E-state index in [4.69, 9.17) is 10.00 Å². The molecule has 0 radical (unpaired) electrons. The van der Waals surface area contributed by atoms with Gasteiger partial charge in [0.1, 0.15) is 5.69 Å². The van der Waals surface area contributed by atoms with E-state index in [2.05, 4.69) is 12.1 Å². The second kappa shape index (κ2) is 6.45. The minimum atomic E-state index is -0.671. The van der Waals surface area contributed by atoms with Crippen molar-refractivity contribution >= 4 is 5.69 Å². The third-order valence-electron chi connectivity index (χ3n) is 5.33. The Balaban J connectivity index is 1.74. The van der Waals surface area contributed by atoms with Crippen molar-refractivity contribution in [3.63, 3.8) is 0 Å². The van der Waals surface area contributed by atoms with E-state index < -0.39 is 11.6 Å². The largest absolute Gasteiger partial charge is 0.381 e. The normalized spacial score (nSPS) is 25.5. The molecule has 3 atom stereocenters. The fourth-order valence-corrected chi connectivity index (χ4v) is 4.22. The lowest BCUT2D eigenvalue weighted by Gasteiger charge is -2.33. The van der Waals surface area contributed by atoms with Gasteiger partial charge in [0, 0.05) is 31.0 Å². The summed E-state index contributed by atoms with van der Waals surface area (Å²) in [6, 6.07) is 14.1. The van der Waals surface area contributed by atoms with E-state index >= 15 is 0 Å². The second-order valence-electron chi connectivity index (χ2n) is 6.66. The molecule has 2 saturated heterocycles. The van der Waals surface area contributed by atoms with Crippen molar-refractivity contribution in [3.05, 3.63) is 65.2 Å². The molecule has 0 aromatic heterocycles. The molecule has 0 bridgehead atoms. The average molecular weight is 340 g/mol. The molecular formula is C20H18F2N2O. The van der Waals surface area contributed by atoms with Crippen LogP contribution in [0.5, 0.6) is 0 Å². The molecule has 3 nitrogen and oxygen atoms in total. The monoisotopic (exact) mass is 340 g/mol. The lowest BCUT2D eigenvalue weighted by Crippen LogP contribution is -2.39. The molecule has 2 aromatic rings. The van der Waals surface area contributed by atoms with Crippen molar-refractivity contribution in [2.24, 2.45) is 5.92 Å². The molecule has 25 heavy (non-hydrogen) atoms. The Bertz CT molecular complexity index is 795. The van der Waals surface area contributed by atoms with Crippen LogP contribution in [0.2, 0.25) is 0 Å². The molecule has 2 aromatic carbocycles. The fourth-order valence-electron chi connectivity index (χ4n) is 4.22. The smallest absolute Gasteiger partial charge is 0.150 e. The molecule has 0 spiro atoms. The topological polar surface area (TPSA) is 36.3 Å². The van der Waals surface area contributed by atoms with Gasteiger partial charge in [-0.3, -0.25) is 0 Å². The molecule has 4 rings (SSSR count). The Hall–Kier alpha value is -2.45. The van der Waals surface area contributed by atoms with Gasteiger partial charge in [-0.05, 0) is 24.1 Å². The Morgan fingerprint density at radius 3 is 2.52 bits per heavy atom. The molecule has 0 saturated carbocycles. The molecule has 0 aliphatic carbocycles. The quantitative estimate of drug-likeness (QED) is 0.833. The second-order valence-corrected chi connectivity index (χ2v) is 6.66. The number of nitriles is 1. The van der Waals surface area contributed by atoms with Gasteiger partial charge >= 0.3 is 0 Å². The first-order valence-corrected chi connectivity index (χ1v) is 8.47. The van der Waals surface area contributed by atoms with E-state index in [0.717, 1.165) is 18.6 Å². The van der Waals surface area contributed by atoms with Gasteiger partial charge in [0.15, 0.2) is 11.6 Å². The zero-order valence-electron chi connectivity index (χ0n) is 13.7. The van der Waals surface area contributed by atoms with Crippen molar-refractivity contribution in [2.75, 3.05) is 24.7 Å². The zero-order valence-corrected chi connectivity index (χ0v) is 13.7. The van der Waals surface area contributed by atoms with Crippen LogP contribution in [0, 0.1) is 28.9 Å². The van der Waals surface area contributed by atoms with Crippen molar-refractivity contribution in [2.45, 2.75) is 18.4 Å². The van der Waals surface area contributed by atoms with E-state index in [0.29, 0.717) is 19.8 Å². The van der Waals surface area contributed by atoms with Crippen molar-refractivity contribution in [3.8, 4) is 6.07 Å². The molecular weight excluding hydrogens is 322 g/mol. The summed E-state index contributed by atoms with van der Waals surface area (Å²) in [6.07, 6.45) is 0.743. The van der Waals surface area contributed by atoms with Crippen LogP contribution in [-0.4, -0.2) is 25.8 Å². The van der Waals surface area contributed by atoms with Gasteiger partial charge in [0.05, 0.1) is 18.2 Å². The molecule has 2 fully saturated rings. The number of ether oxygens (including phenoxy) is 1. The number of nitrogens with zero attached hydrogens (tertiary/aromatic N) is 2. The summed E-state index contributed by atoms with van der Waals surface area (Å²) in [5.41, 5.74) is 1.15. The Labute approximate surface area is 145 Å². The van der Waals surface area contributed by atoms with Crippen LogP contribution < -0.4 is 4.90 Å². The molecule has 0 amide bonds.